The predicted octanol–water partition coefficient (Wildman–Crippen LogP) is 3.29. The van der Waals surface area contributed by atoms with Gasteiger partial charge in [0, 0.05) is 50.1 Å². The lowest BCUT2D eigenvalue weighted by atomic mass is 10.0. The Morgan fingerprint density at radius 2 is 1.63 bits per heavy atom. The van der Waals surface area contributed by atoms with Gasteiger partial charge in [0.05, 0.1) is 11.7 Å². The van der Waals surface area contributed by atoms with Gasteiger partial charge < -0.3 is 15.0 Å². The van der Waals surface area contributed by atoms with Gasteiger partial charge in [0.2, 0.25) is 5.43 Å². The second-order valence-corrected chi connectivity index (χ2v) is 8.67. The molecule has 3 heterocycles. The van der Waals surface area contributed by atoms with Crippen molar-refractivity contribution in [3.8, 4) is 5.75 Å². The number of nitrogens with one attached hydrogen (secondary N) is 1. The molecule has 3 aromatic rings. The van der Waals surface area contributed by atoms with Crippen LogP contribution in [0.25, 0.3) is 0 Å². The zero-order valence-corrected chi connectivity index (χ0v) is 18.0. The van der Waals surface area contributed by atoms with E-state index in [1.165, 1.54) is 6.20 Å². The Labute approximate surface area is 195 Å². The molecule has 1 amide bonds. The summed E-state index contributed by atoms with van der Waals surface area (Å²) < 4.78 is 70.1. The summed E-state index contributed by atoms with van der Waals surface area (Å²) in [7, 11) is 0. The zero-order valence-electron chi connectivity index (χ0n) is 18.0. The van der Waals surface area contributed by atoms with Crippen LogP contribution in [0.3, 0.4) is 0 Å². The van der Waals surface area contributed by atoms with E-state index in [0.717, 1.165) is 12.1 Å². The molecule has 0 saturated carbocycles. The van der Waals surface area contributed by atoms with E-state index in [9.17, 15) is 36.6 Å². The van der Waals surface area contributed by atoms with E-state index in [0.29, 0.717) is 29.8 Å². The second-order valence-electron chi connectivity index (χ2n) is 8.67. The Kier molecular flexibility index (Phi) is 5.59. The highest BCUT2D eigenvalue weighted by Crippen LogP contribution is 2.34. The summed E-state index contributed by atoms with van der Waals surface area (Å²) in [4.78, 5) is 27.4. The number of rotatable bonds is 3. The molecule has 1 aromatic heterocycles. The van der Waals surface area contributed by atoms with Gasteiger partial charge in [-0.25, -0.2) is 22.0 Å². The van der Waals surface area contributed by atoms with Crippen LogP contribution in [0, 0.1) is 29.1 Å². The van der Waals surface area contributed by atoms with Crippen molar-refractivity contribution in [2.45, 2.75) is 32.1 Å². The fourth-order valence-electron chi connectivity index (χ4n) is 4.71. The Morgan fingerprint density at radius 3 is 2.31 bits per heavy atom. The number of fused-ring (bicyclic) bond motifs is 5. The molecule has 2 aliphatic heterocycles. The number of hydrogen-bond donors (Lipinski definition) is 2. The number of benzene rings is 2. The molecule has 2 N–H and O–H groups in total. The number of aromatic hydroxyl groups is 1. The number of hydrogen-bond acceptors (Lipinski definition) is 4. The van der Waals surface area contributed by atoms with Gasteiger partial charge in [0.1, 0.15) is 23.0 Å². The number of carbonyl (C=O) groups is 1. The highest BCUT2D eigenvalue weighted by molar-refractivity contribution is 5.94. The number of pyridine rings is 1. The lowest BCUT2D eigenvalue weighted by molar-refractivity contribution is 0.0946. The van der Waals surface area contributed by atoms with Crippen molar-refractivity contribution in [2.24, 2.45) is 0 Å². The maximum atomic E-state index is 13.9. The van der Waals surface area contributed by atoms with E-state index < -0.39 is 69.9 Å². The van der Waals surface area contributed by atoms with E-state index in [-0.39, 0.29) is 25.2 Å². The van der Waals surface area contributed by atoms with Crippen molar-refractivity contribution in [3.63, 3.8) is 0 Å². The third kappa shape index (κ3) is 4.05. The summed E-state index contributed by atoms with van der Waals surface area (Å²) in [6.45, 7) is 0.187. The molecule has 2 bridgehead atoms. The minimum absolute atomic E-state index is 0.129. The highest BCUT2D eigenvalue weighted by atomic mass is 19.2. The molecule has 0 spiro atoms. The molecule has 2 atom stereocenters. The largest absolute Gasteiger partial charge is 0.503 e. The molecule has 5 rings (SSSR count). The van der Waals surface area contributed by atoms with Crippen LogP contribution in [0.1, 0.15) is 38.8 Å². The average Bonchev–Trinajstić information content (AvgIpc) is 2.92. The molecule has 0 aliphatic carbocycles. The van der Waals surface area contributed by atoms with Crippen molar-refractivity contribution in [1.29, 1.82) is 0 Å². The number of nitrogens with zero attached hydrogens (tertiary/aromatic N) is 2. The predicted molar refractivity (Wildman–Crippen MR) is 113 cm³/mol. The highest BCUT2D eigenvalue weighted by Gasteiger charge is 2.33. The third-order valence-electron chi connectivity index (χ3n) is 6.42. The molecule has 1 unspecified atom stereocenters. The lowest BCUT2D eigenvalue weighted by Gasteiger charge is -2.35. The molecule has 11 heteroatoms. The fourth-order valence-corrected chi connectivity index (χ4v) is 4.71. The van der Waals surface area contributed by atoms with Crippen molar-refractivity contribution >= 4 is 5.91 Å². The molecular formula is C24H18F5N3O3. The van der Waals surface area contributed by atoms with Gasteiger partial charge in [-0.2, -0.15) is 0 Å². The molecule has 2 aromatic carbocycles. The van der Waals surface area contributed by atoms with Gasteiger partial charge >= 0.3 is 0 Å². The van der Waals surface area contributed by atoms with E-state index in [4.69, 9.17) is 0 Å². The van der Waals surface area contributed by atoms with Crippen molar-refractivity contribution in [2.75, 3.05) is 6.54 Å². The first-order valence-corrected chi connectivity index (χ1v) is 10.7. The maximum Gasteiger partial charge on any atom is 0.257 e. The molecule has 182 valence electrons. The van der Waals surface area contributed by atoms with E-state index in [1.807, 2.05) is 4.90 Å². The molecule has 0 radical (unpaired) electrons. The van der Waals surface area contributed by atoms with Gasteiger partial charge in [-0.15, -0.1) is 0 Å². The molecule has 2 aliphatic rings. The first-order valence-electron chi connectivity index (χ1n) is 10.7. The molecule has 35 heavy (non-hydrogen) atoms. The Bertz CT molecular complexity index is 1420. The topological polar surface area (TPSA) is 74.6 Å². The molecular weight excluding hydrogens is 473 g/mol. The van der Waals surface area contributed by atoms with Crippen LogP contribution < -0.4 is 10.7 Å². The van der Waals surface area contributed by atoms with Crippen LogP contribution >= 0.6 is 0 Å². The summed E-state index contributed by atoms with van der Waals surface area (Å²) in [5.74, 6) is -7.12. The van der Waals surface area contributed by atoms with E-state index in [1.54, 1.807) is 4.57 Å². The van der Waals surface area contributed by atoms with Crippen LogP contribution in [0.5, 0.6) is 5.75 Å². The Morgan fingerprint density at radius 1 is 0.971 bits per heavy atom. The van der Waals surface area contributed by atoms with Gasteiger partial charge in [-0.1, -0.05) is 0 Å². The van der Waals surface area contributed by atoms with Crippen LogP contribution in [-0.4, -0.2) is 27.0 Å². The number of aromatic nitrogens is 1. The third-order valence-corrected chi connectivity index (χ3v) is 6.42. The average molecular weight is 491 g/mol. The summed E-state index contributed by atoms with van der Waals surface area (Å²) >= 11 is 0. The summed E-state index contributed by atoms with van der Waals surface area (Å²) in [5.41, 5.74) is -0.626. The number of halogens is 5. The minimum Gasteiger partial charge on any atom is -0.503 e. The SMILES string of the molecule is O=C(NCc1c(F)cc(F)cc1F)c1cn2c(c(O)c1=O)CN1Cc3cc(F)c(F)cc3C[C@H]2C1. The van der Waals surface area contributed by atoms with Gasteiger partial charge in [0.25, 0.3) is 5.91 Å². The first kappa shape index (κ1) is 23.0. The summed E-state index contributed by atoms with van der Waals surface area (Å²) in [6.07, 6.45) is 1.50. The maximum absolute atomic E-state index is 13.9. The molecule has 0 saturated heterocycles. The smallest absolute Gasteiger partial charge is 0.257 e. The number of carbonyl (C=O) groups excluding carboxylic acids is 1. The van der Waals surface area contributed by atoms with Crippen LogP contribution in [0.4, 0.5) is 22.0 Å². The monoisotopic (exact) mass is 491 g/mol. The quantitative estimate of drug-likeness (QED) is 0.552. The second kappa shape index (κ2) is 8.49. The lowest BCUT2D eigenvalue weighted by Crippen LogP contribution is -2.39. The van der Waals surface area contributed by atoms with Crippen LogP contribution in [0.15, 0.2) is 35.3 Å². The van der Waals surface area contributed by atoms with Gasteiger partial charge in [-0.3, -0.25) is 14.5 Å². The number of amides is 1. The van der Waals surface area contributed by atoms with E-state index >= 15 is 0 Å². The normalized spacial score (nSPS) is 18.4. The van der Waals surface area contributed by atoms with Crippen molar-refractivity contribution in [3.05, 3.63) is 97.7 Å². The fraction of sp³-hybridized carbons (Fsp3) is 0.250. The minimum atomic E-state index is -1.20. The standard InChI is InChI=1S/C24H18F5N3O3/c25-13-4-17(26)15(18(27)5-13)6-30-24(35)16-9-32-14-1-11-2-19(28)20(29)3-12(11)7-31(8-14)10-21(32)23(34)22(16)33/h2-5,9,14,34H,1,6-8,10H2,(H,30,35)/t14-/m0/s1. The Hall–Kier alpha value is -3.73. The summed E-state index contributed by atoms with van der Waals surface area (Å²) in [6, 6.07) is 2.78. The first-order chi connectivity index (χ1) is 16.6. The van der Waals surface area contributed by atoms with Gasteiger partial charge in [-0.05, 0) is 29.7 Å². The van der Waals surface area contributed by atoms with E-state index in [2.05, 4.69) is 5.32 Å². The van der Waals surface area contributed by atoms with Crippen molar-refractivity contribution < 1.29 is 31.9 Å². The summed E-state index contributed by atoms with van der Waals surface area (Å²) in [5, 5.41) is 12.8. The van der Waals surface area contributed by atoms with Gasteiger partial charge in [0.15, 0.2) is 17.4 Å². The molecule has 6 nitrogen and oxygen atoms in total. The van der Waals surface area contributed by atoms with Crippen molar-refractivity contribution in [1.82, 2.24) is 14.8 Å². The van der Waals surface area contributed by atoms with Crippen LogP contribution in [0.2, 0.25) is 0 Å². The Balaban J connectivity index is 1.47. The van der Waals surface area contributed by atoms with Crippen LogP contribution in [-0.2, 0) is 26.1 Å². The molecule has 0 fully saturated rings. The zero-order chi connectivity index (χ0) is 25.0.